The predicted molar refractivity (Wildman–Crippen MR) is 32.1 cm³/mol. The van der Waals surface area contributed by atoms with Gasteiger partial charge in [-0.25, -0.2) is 0 Å². The van der Waals surface area contributed by atoms with E-state index >= 15 is 0 Å². The number of nitriles is 1. The fourth-order valence-electron chi connectivity index (χ4n) is 1.05. The first-order chi connectivity index (χ1) is 3.84. The molecule has 1 aliphatic carbocycles. The Bertz CT molecular complexity index is 108. The molecule has 0 aromatic rings. The Morgan fingerprint density at radius 1 is 1.62 bits per heavy atom. The summed E-state index contributed by atoms with van der Waals surface area (Å²) in [5.41, 5.74) is 0. The van der Waals surface area contributed by atoms with Crippen molar-refractivity contribution in [3.63, 3.8) is 0 Å². The number of hydrogen-bond donors (Lipinski definition) is 0. The second kappa shape index (κ2) is 2.17. The third-order valence-corrected chi connectivity index (χ3v) is 2.06. The van der Waals surface area contributed by atoms with E-state index in [1.54, 1.807) is 0 Å². The predicted octanol–water partition coefficient (Wildman–Crippen LogP) is 1.95. The van der Waals surface area contributed by atoms with E-state index in [9.17, 15) is 0 Å². The van der Waals surface area contributed by atoms with Crippen molar-refractivity contribution in [1.82, 2.24) is 0 Å². The first-order valence-corrected chi connectivity index (χ1v) is 3.24. The monoisotopic (exact) mass is 109 g/mol. The van der Waals surface area contributed by atoms with Crippen LogP contribution in [0.3, 0.4) is 0 Å². The maximum atomic E-state index is 8.42. The van der Waals surface area contributed by atoms with Gasteiger partial charge in [0.1, 0.15) is 0 Å². The van der Waals surface area contributed by atoms with Gasteiger partial charge in [-0.1, -0.05) is 6.42 Å². The molecule has 0 radical (unpaired) electrons. The average Bonchev–Trinajstić information content (AvgIpc) is 1.62. The molecule has 0 aliphatic heterocycles. The summed E-state index contributed by atoms with van der Waals surface area (Å²) in [6.07, 6.45) is 3.92. The molecule has 0 aromatic carbocycles. The maximum Gasteiger partial charge on any atom is 0.0655 e. The second-order valence-corrected chi connectivity index (χ2v) is 2.61. The van der Waals surface area contributed by atoms with Crippen LogP contribution in [0.2, 0.25) is 0 Å². The van der Waals surface area contributed by atoms with Gasteiger partial charge in [-0.15, -0.1) is 0 Å². The molecule has 1 atom stereocenters. The highest BCUT2D eigenvalue weighted by Crippen LogP contribution is 2.32. The van der Waals surface area contributed by atoms with Gasteiger partial charge in [0.15, 0.2) is 0 Å². The summed E-state index contributed by atoms with van der Waals surface area (Å²) in [6.45, 7) is 2.02. The number of nitrogens with zero attached hydrogens (tertiary/aromatic N) is 1. The average molecular weight is 109 g/mol. The maximum absolute atomic E-state index is 8.42. The number of rotatable bonds is 1. The lowest BCUT2D eigenvalue weighted by Gasteiger charge is -2.26. The van der Waals surface area contributed by atoms with Crippen LogP contribution in [0.15, 0.2) is 0 Å². The van der Waals surface area contributed by atoms with Gasteiger partial charge in [0.05, 0.1) is 6.07 Å². The minimum Gasteiger partial charge on any atom is -0.198 e. The molecule has 1 fully saturated rings. The Morgan fingerprint density at radius 2 is 2.25 bits per heavy atom. The van der Waals surface area contributed by atoms with Crippen molar-refractivity contribution in [3.8, 4) is 6.07 Å². The topological polar surface area (TPSA) is 23.8 Å². The smallest absolute Gasteiger partial charge is 0.0655 e. The van der Waals surface area contributed by atoms with Gasteiger partial charge in [0.2, 0.25) is 0 Å². The summed E-state index contributed by atoms with van der Waals surface area (Å²) in [5, 5.41) is 8.42. The standard InChI is InChI=1S/C7H11N/c1-6(5-8)7-3-2-4-7/h6-7H,2-4H2,1H3. The van der Waals surface area contributed by atoms with Gasteiger partial charge in [0, 0.05) is 5.92 Å². The molecule has 0 amide bonds. The van der Waals surface area contributed by atoms with E-state index in [4.69, 9.17) is 5.26 Å². The second-order valence-electron chi connectivity index (χ2n) is 2.61. The normalized spacial score (nSPS) is 23.5. The van der Waals surface area contributed by atoms with Crippen LogP contribution < -0.4 is 0 Å². The molecule has 0 saturated heterocycles. The largest absolute Gasteiger partial charge is 0.198 e. The van der Waals surface area contributed by atoms with Crippen molar-refractivity contribution in [2.75, 3.05) is 0 Å². The van der Waals surface area contributed by atoms with E-state index in [0.717, 1.165) is 5.92 Å². The third kappa shape index (κ3) is 0.838. The Morgan fingerprint density at radius 3 is 2.38 bits per heavy atom. The Kier molecular flexibility index (Phi) is 1.53. The highest BCUT2D eigenvalue weighted by Gasteiger charge is 2.22. The molecule has 0 aromatic heterocycles. The fraction of sp³-hybridized carbons (Fsp3) is 0.857. The van der Waals surface area contributed by atoms with Gasteiger partial charge in [-0.05, 0) is 25.7 Å². The zero-order chi connectivity index (χ0) is 5.98. The van der Waals surface area contributed by atoms with E-state index in [-0.39, 0.29) is 0 Å². The highest BCUT2D eigenvalue weighted by molar-refractivity contribution is 4.88. The molecule has 0 spiro atoms. The van der Waals surface area contributed by atoms with Crippen LogP contribution >= 0.6 is 0 Å². The van der Waals surface area contributed by atoms with Crippen LogP contribution in [0.1, 0.15) is 26.2 Å². The van der Waals surface area contributed by atoms with Crippen molar-refractivity contribution in [1.29, 1.82) is 5.26 Å². The zero-order valence-corrected chi connectivity index (χ0v) is 5.22. The molecule has 0 heterocycles. The molecule has 0 bridgehead atoms. The van der Waals surface area contributed by atoms with Crippen molar-refractivity contribution >= 4 is 0 Å². The van der Waals surface area contributed by atoms with Crippen molar-refractivity contribution < 1.29 is 0 Å². The van der Waals surface area contributed by atoms with Crippen LogP contribution in [0.5, 0.6) is 0 Å². The van der Waals surface area contributed by atoms with Gasteiger partial charge >= 0.3 is 0 Å². The van der Waals surface area contributed by atoms with Crippen LogP contribution in [0.4, 0.5) is 0 Å². The molecule has 1 nitrogen and oxygen atoms in total. The summed E-state index contributed by atoms with van der Waals surface area (Å²) < 4.78 is 0. The molecular formula is C7H11N. The quantitative estimate of drug-likeness (QED) is 0.505. The van der Waals surface area contributed by atoms with E-state index in [2.05, 4.69) is 6.07 Å². The molecule has 1 heteroatoms. The lowest BCUT2D eigenvalue weighted by Crippen LogP contribution is -2.17. The minimum atomic E-state index is 0.309. The zero-order valence-electron chi connectivity index (χ0n) is 5.22. The van der Waals surface area contributed by atoms with E-state index in [1.165, 1.54) is 19.3 Å². The Balaban J connectivity index is 2.26. The molecule has 8 heavy (non-hydrogen) atoms. The molecule has 1 aliphatic rings. The van der Waals surface area contributed by atoms with Gasteiger partial charge in [-0.2, -0.15) is 5.26 Å². The first kappa shape index (κ1) is 5.62. The summed E-state index contributed by atoms with van der Waals surface area (Å²) in [7, 11) is 0. The van der Waals surface area contributed by atoms with E-state index in [1.807, 2.05) is 6.92 Å². The van der Waals surface area contributed by atoms with Crippen LogP contribution in [-0.4, -0.2) is 0 Å². The van der Waals surface area contributed by atoms with Gasteiger partial charge in [-0.3, -0.25) is 0 Å². The van der Waals surface area contributed by atoms with Gasteiger partial charge in [0.25, 0.3) is 0 Å². The first-order valence-electron chi connectivity index (χ1n) is 3.24. The summed E-state index contributed by atoms with van der Waals surface area (Å²) >= 11 is 0. The molecule has 1 unspecified atom stereocenters. The summed E-state index contributed by atoms with van der Waals surface area (Å²) in [4.78, 5) is 0. The van der Waals surface area contributed by atoms with Gasteiger partial charge < -0.3 is 0 Å². The van der Waals surface area contributed by atoms with E-state index in [0.29, 0.717) is 5.92 Å². The lowest BCUT2D eigenvalue weighted by molar-refractivity contribution is 0.260. The molecule has 1 saturated carbocycles. The van der Waals surface area contributed by atoms with Crippen LogP contribution in [0, 0.1) is 23.2 Å². The van der Waals surface area contributed by atoms with Crippen molar-refractivity contribution in [2.45, 2.75) is 26.2 Å². The SMILES string of the molecule is CC(C#N)C1CCC1. The van der Waals surface area contributed by atoms with Crippen LogP contribution in [0.25, 0.3) is 0 Å². The lowest BCUT2D eigenvalue weighted by atomic mass is 9.77. The summed E-state index contributed by atoms with van der Waals surface area (Å²) in [5.74, 6) is 1.05. The van der Waals surface area contributed by atoms with Crippen molar-refractivity contribution in [2.24, 2.45) is 11.8 Å². The highest BCUT2D eigenvalue weighted by atomic mass is 14.3. The fourth-order valence-corrected chi connectivity index (χ4v) is 1.05. The third-order valence-electron chi connectivity index (χ3n) is 2.06. The molecular weight excluding hydrogens is 98.1 g/mol. The van der Waals surface area contributed by atoms with Crippen molar-refractivity contribution in [3.05, 3.63) is 0 Å². The Labute approximate surface area is 50.3 Å². The minimum absolute atomic E-state index is 0.309. The number of hydrogen-bond acceptors (Lipinski definition) is 1. The Hall–Kier alpha value is -0.510. The molecule has 0 N–H and O–H groups in total. The molecule has 1 rings (SSSR count). The summed E-state index contributed by atoms with van der Waals surface area (Å²) in [6, 6.07) is 2.27. The van der Waals surface area contributed by atoms with E-state index < -0.39 is 0 Å². The van der Waals surface area contributed by atoms with Crippen LogP contribution in [-0.2, 0) is 0 Å². The molecule has 44 valence electrons.